The number of hydrogen-bond acceptors (Lipinski definition) is 4. The van der Waals surface area contributed by atoms with Crippen LogP contribution in [0.25, 0.3) is 0 Å². The van der Waals surface area contributed by atoms with Gasteiger partial charge in [-0.2, -0.15) is 0 Å². The van der Waals surface area contributed by atoms with Crippen LogP contribution in [0, 0.1) is 0 Å². The lowest BCUT2D eigenvalue weighted by atomic mass is 10.1. The van der Waals surface area contributed by atoms with Gasteiger partial charge in [0, 0.05) is 6.67 Å². The van der Waals surface area contributed by atoms with Gasteiger partial charge < -0.3 is 10.0 Å². The van der Waals surface area contributed by atoms with Gasteiger partial charge in [-0.05, 0) is 5.56 Å². The number of rotatable bonds is 3. The van der Waals surface area contributed by atoms with Crippen molar-refractivity contribution >= 4 is 5.91 Å². The molecule has 1 aliphatic heterocycles. The highest BCUT2D eigenvalue weighted by Gasteiger charge is 2.19. The summed E-state index contributed by atoms with van der Waals surface area (Å²) in [6.45, 7) is 1.78. The number of nitrogens with zero attached hydrogens (tertiary/aromatic N) is 1. The molecule has 1 aromatic carbocycles. The van der Waals surface area contributed by atoms with E-state index in [1.807, 2.05) is 30.3 Å². The van der Waals surface area contributed by atoms with Gasteiger partial charge in [-0.1, -0.05) is 30.3 Å². The van der Waals surface area contributed by atoms with Gasteiger partial charge in [0.2, 0.25) is 5.91 Å². The highest BCUT2D eigenvalue weighted by atomic mass is 16.3. The van der Waals surface area contributed by atoms with Gasteiger partial charge >= 0.3 is 0 Å². The second-order valence-electron chi connectivity index (χ2n) is 4.06. The zero-order valence-corrected chi connectivity index (χ0v) is 9.60. The van der Waals surface area contributed by atoms with Crippen LogP contribution in [0.4, 0.5) is 0 Å². The van der Waals surface area contributed by atoms with Gasteiger partial charge in [0.15, 0.2) is 0 Å². The van der Waals surface area contributed by atoms with Gasteiger partial charge in [0.1, 0.15) is 0 Å². The minimum absolute atomic E-state index is 0.0546. The third-order valence-corrected chi connectivity index (χ3v) is 2.76. The fourth-order valence-corrected chi connectivity index (χ4v) is 1.79. The second kappa shape index (κ2) is 5.77. The lowest BCUT2D eigenvalue weighted by molar-refractivity contribution is -0.135. The van der Waals surface area contributed by atoms with Crippen LogP contribution in [0.3, 0.4) is 0 Å². The zero-order valence-electron chi connectivity index (χ0n) is 9.60. The normalized spacial score (nSPS) is 17.8. The molecule has 0 aromatic heterocycles. The van der Waals surface area contributed by atoms with Crippen molar-refractivity contribution in [1.82, 2.24) is 15.5 Å². The van der Waals surface area contributed by atoms with Gasteiger partial charge in [-0.15, -0.1) is 0 Å². The van der Waals surface area contributed by atoms with Gasteiger partial charge in [-0.25, -0.2) is 0 Å². The van der Waals surface area contributed by atoms with E-state index in [2.05, 4.69) is 10.6 Å². The predicted octanol–water partition coefficient (Wildman–Crippen LogP) is 0.00400. The van der Waals surface area contributed by atoms with E-state index in [1.165, 1.54) is 0 Å². The quantitative estimate of drug-likeness (QED) is 0.690. The Morgan fingerprint density at radius 1 is 1.29 bits per heavy atom. The fourth-order valence-electron chi connectivity index (χ4n) is 1.79. The number of aliphatic hydroxyl groups excluding tert-OH is 1. The van der Waals surface area contributed by atoms with Crippen LogP contribution in [-0.2, 0) is 4.79 Å². The smallest absolute Gasteiger partial charge is 0.227 e. The number of carbonyl (C=O) groups is 1. The second-order valence-corrected chi connectivity index (χ2v) is 4.06. The third kappa shape index (κ3) is 3.26. The van der Waals surface area contributed by atoms with Crippen LogP contribution in [-0.4, -0.2) is 35.9 Å². The standard InChI is InChI=1S/C12H17N3O2/c16-11(10-4-2-1-3-5-10)6-12(17)15-8-13-7-14-9-15/h1-5,11,13-14,16H,6-9H2. The Labute approximate surface area is 100 Å². The topological polar surface area (TPSA) is 64.6 Å². The average Bonchev–Trinajstić information content (AvgIpc) is 2.40. The van der Waals surface area contributed by atoms with E-state index in [0.717, 1.165) is 5.56 Å². The molecule has 1 aliphatic rings. The summed E-state index contributed by atoms with van der Waals surface area (Å²) in [6, 6.07) is 9.24. The Hall–Kier alpha value is -1.43. The molecular weight excluding hydrogens is 218 g/mol. The molecule has 2 rings (SSSR count). The van der Waals surface area contributed by atoms with Crippen LogP contribution >= 0.6 is 0 Å². The minimum atomic E-state index is -0.731. The first kappa shape index (κ1) is 12.0. The summed E-state index contributed by atoms with van der Waals surface area (Å²) in [6.07, 6.45) is -0.612. The maximum atomic E-state index is 11.9. The zero-order chi connectivity index (χ0) is 12.1. The first-order chi connectivity index (χ1) is 8.27. The van der Waals surface area contributed by atoms with Crippen LogP contribution in [0.2, 0.25) is 0 Å². The first-order valence-electron chi connectivity index (χ1n) is 5.69. The van der Waals surface area contributed by atoms with Crippen molar-refractivity contribution in [1.29, 1.82) is 0 Å². The van der Waals surface area contributed by atoms with Crippen molar-refractivity contribution in [2.24, 2.45) is 0 Å². The molecule has 0 spiro atoms. The summed E-state index contributed by atoms with van der Waals surface area (Å²) in [4.78, 5) is 13.5. The van der Waals surface area contributed by atoms with Crippen LogP contribution < -0.4 is 10.6 Å². The van der Waals surface area contributed by atoms with Crippen molar-refractivity contribution in [3.8, 4) is 0 Å². The Bertz CT molecular complexity index is 363. The van der Waals surface area contributed by atoms with E-state index in [4.69, 9.17) is 0 Å². The van der Waals surface area contributed by atoms with Crippen LogP contribution in [0.15, 0.2) is 30.3 Å². The number of hydrogen-bond donors (Lipinski definition) is 3. The van der Waals surface area contributed by atoms with Crippen LogP contribution in [0.1, 0.15) is 18.1 Å². The lowest BCUT2D eigenvalue weighted by Gasteiger charge is -2.29. The summed E-state index contributed by atoms with van der Waals surface area (Å²) in [7, 11) is 0. The molecule has 1 saturated heterocycles. The molecule has 5 heteroatoms. The molecule has 92 valence electrons. The van der Waals surface area contributed by atoms with E-state index >= 15 is 0 Å². The number of carbonyl (C=O) groups excluding carboxylic acids is 1. The fraction of sp³-hybridized carbons (Fsp3) is 0.417. The average molecular weight is 235 g/mol. The Morgan fingerprint density at radius 2 is 1.94 bits per heavy atom. The van der Waals surface area contributed by atoms with Crippen molar-refractivity contribution < 1.29 is 9.90 Å². The van der Waals surface area contributed by atoms with Crippen molar-refractivity contribution in [3.63, 3.8) is 0 Å². The molecule has 1 atom stereocenters. The SMILES string of the molecule is O=C(CC(O)c1ccccc1)N1CNCNC1. The summed E-state index contributed by atoms with van der Waals surface area (Å²) < 4.78 is 0. The highest BCUT2D eigenvalue weighted by Crippen LogP contribution is 2.16. The van der Waals surface area contributed by atoms with E-state index in [0.29, 0.717) is 20.0 Å². The molecule has 17 heavy (non-hydrogen) atoms. The third-order valence-electron chi connectivity index (χ3n) is 2.76. The van der Waals surface area contributed by atoms with Crippen molar-refractivity contribution in [3.05, 3.63) is 35.9 Å². The molecule has 0 radical (unpaired) electrons. The number of benzene rings is 1. The molecule has 1 unspecified atom stereocenters. The maximum absolute atomic E-state index is 11.9. The Kier molecular flexibility index (Phi) is 4.08. The highest BCUT2D eigenvalue weighted by molar-refractivity contribution is 5.76. The Balaban J connectivity index is 1.89. The molecule has 1 aromatic rings. The summed E-state index contributed by atoms with van der Waals surface area (Å²) in [5.41, 5.74) is 0.777. The predicted molar refractivity (Wildman–Crippen MR) is 63.7 cm³/mol. The maximum Gasteiger partial charge on any atom is 0.227 e. The van der Waals surface area contributed by atoms with Crippen LogP contribution in [0.5, 0.6) is 0 Å². The molecule has 3 N–H and O–H groups in total. The molecule has 1 fully saturated rings. The van der Waals surface area contributed by atoms with Gasteiger partial charge in [-0.3, -0.25) is 15.4 Å². The minimum Gasteiger partial charge on any atom is -0.388 e. The van der Waals surface area contributed by atoms with E-state index in [1.54, 1.807) is 4.90 Å². The molecule has 1 heterocycles. The van der Waals surface area contributed by atoms with Crippen molar-refractivity contribution in [2.75, 3.05) is 20.0 Å². The largest absolute Gasteiger partial charge is 0.388 e. The lowest BCUT2D eigenvalue weighted by Crippen LogP contribution is -2.53. The number of aliphatic hydroxyl groups is 1. The summed E-state index contributed by atoms with van der Waals surface area (Å²) in [5, 5.41) is 16.0. The van der Waals surface area contributed by atoms with E-state index in [9.17, 15) is 9.90 Å². The van der Waals surface area contributed by atoms with Gasteiger partial charge in [0.25, 0.3) is 0 Å². The number of amides is 1. The molecule has 0 bridgehead atoms. The van der Waals surface area contributed by atoms with Gasteiger partial charge in [0.05, 0.1) is 25.9 Å². The summed E-state index contributed by atoms with van der Waals surface area (Å²) >= 11 is 0. The number of nitrogens with one attached hydrogen (secondary N) is 2. The Morgan fingerprint density at radius 3 is 2.59 bits per heavy atom. The molecule has 5 nitrogen and oxygen atoms in total. The molecular formula is C12H17N3O2. The molecule has 0 aliphatic carbocycles. The monoisotopic (exact) mass is 235 g/mol. The molecule has 0 saturated carbocycles. The first-order valence-corrected chi connectivity index (χ1v) is 5.69. The van der Waals surface area contributed by atoms with Crippen molar-refractivity contribution in [2.45, 2.75) is 12.5 Å². The molecule has 1 amide bonds. The van der Waals surface area contributed by atoms with E-state index < -0.39 is 6.10 Å². The summed E-state index contributed by atoms with van der Waals surface area (Å²) in [5.74, 6) is -0.0546. The van der Waals surface area contributed by atoms with E-state index in [-0.39, 0.29) is 12.3 Å².